The largest absolute Gasteiger partial charge is 0.354 e. The van der Waals surface area contributed by atoms with Crippen molar-refractivity contribution in [1.82, 2.24) is 5.32 Å². The SMILES string of the molecule is CC(C)(C(=O)NCCS(C)(=O)=O)c1ccc(Br)cc1. The van der Waals surface area contributed by atoms with Gasteiger partial charge in [0.1, 0.15) is 9.84 Å². The number of amides is 1. The Morgan fingerprint density at radius 2 is 1.79 bits per heavy atom. The van der Waals surface area contributed by atoms with E-state index >= 15 is 0 Å². The smallest absolute Gasteiger partial charge is 0.230 e. The monoisotopic (exact) mass is 347 g/mol. The number of nitrogens with one attached hydrogen (secondary N) is 1. The highest BCUT2D eigenvalue weighted by Gasteiger charge is 2.29. The Morgan fingerprint density at radius 1 is 1.26 bits per heavy atom. The van der Waals surface area contributed by atoms with E-state index in [-0.39, 0.29) is 18.2 Å². The van der Waals surface area contributed by atoms with Crippen LogP contribution in [-0.2, 0) is 20.0 Å². The van der Waals surface area contributed by atoms with Crippen molar-refractivity contribution < 1.29 is 13.2 Å². The summed E-state index contributed by atoms with van der Waals surface area (Å²) < 4.78 is 23.0. The van der Waals surface area contributed by atoms with Crippen LogP contribution in [0.4, 0.5) is 0 Å². The van der Waals surface area contributed by atoms with Crippen LogP contribution in [0.5, 0.6) is 0 Å². The fourth-order valence-corrected chi connectivity index (χ4v) is 2.31. The van der Waals surface area contributed by atoms with Gasteiger partial charge < -0.3 is 5.32 Å². The minimum absolute atomic E-state index is 0.0465. The van der Waals surface area contributed by atoms with E-state index in [9.17, 15) is 13.2 Å². The zero-order valence-corrected chi connectivity index (χ0v) is 13.6. The van der Waals surface area contributed by atoms with Crippen LogP contribution >= 0.6 is 15.9 Å². The maximum absolute atomic E-state index is 12.1. The van der Waals surface area contributed by atoms with E-state index in [2.05, 4.69) is 21.2 Å². The van der Waals surface area contributed by atoms with Crippen LogP contribution in [0.1, 0.15) is 19.4 Å². The average molecular weight is 348 g/mol. The summed E-state index contributed by atoms with van der Waals surface area (Å²) in [6.45, 7) is 3.76. The Morgan fingerprint density at radius 3 is 2.26 bits per heavy atom. The Labute approximate surface area is 122 Å². The fraction of sp³-hybridized carbons (Fsp3) is 0.462. The minimum Gasteiger partial charge on any atom is -0.354 e. The summed E-state index contributed by atoms with van der Waals surface area (Å²) in [4.78, 5) is 12.1. The molecule has 0 spiro atoms. The number of benzene rings is 1. The van der Waals surface area contributed by atoms with E-state index in [1.54, 1.807) is 0 Å². The van der Waals surface area contributed by atoms with Gasteiger partial charge in [0.25, 0.3) is 0 Å². The normalized spacial score (nSPS) is 12.2. The molecule has 1 N–H and O–H groups in total. The molecule has 6 heteroatoms. The summed E-state index contributed by atoms with van der Waals surface area (Å²) in [7, 11) is -3.06. The van der Waals surface area contributed by atoms with Crippen molar-refractivity contribution in [2.45, 2.75) is 19.3 Å². The topological polar surface area (TPSA) is 63.2 Å². The van der Waals surface area contributed by atoms with E-state index in [1.165, 1.54) is 0 Å². The molecule has 0 atom stereocenters. The minimum atomic E-state index is -3.06. The van der Waals surface area contributed by atoms with Crippen molar-refractivity contribution >= 4 is 31.7 Å². The van der Waals surface area contributed by atoms with Crippen LogP contribution in [0.2, 0.25) is 0 Å². The molecule has 0 aliphatic heterocycles. The van der Waals surface area contributed by atoms with E-state index in [0.717, 1.165) is 16.3 Å². The van der Waals surface area contributed by atoms with Gasteiger partial charge >= 0.3 is 0 Å². The third-order valence-electron chi connectivity index (χ3n) is 2.89. The van der Waals surface area contributed by atoms with Crippen molar-refractivity contribution in [2.24, 2.45) is 0 Å². The molecule has 1 amide bonds. The number of hydrogen-bond acceptors (Lipinski definition) is 3. The molecule has 0 aliphatic rings. The molecule has 0 saturated heterocycles. The van der Waals surface area contributed by atoms with Crippen LogP contribution in [0.3, 0.4) is 0 Å². The molecule has 19 heavy (non-hydrogen) atoms. The van der Waals surface area contributed by atoms with Gasteiger partial charge in [-0.1, -0.05) is 28.1 Å². The molecule has 0 heterocycles. The van der Waals surface area contributed by atoms with Gasteiger partial charge in [0.2, 0.25) is 5.91 Å². The number of sulfone groups is 1. The maximum Gasteiger partial charge on any atom is 0.230 e. The first-order valence-corrected chi connectivity index (χ1v) is 8.70. The zero-order chi connectivity index (χ0) is 14.7. The van der Waals surface area contributed by atoms with E-state index in [1.807, 2.05) is 38.1 Å². The van der Waals surface area contributed by atoms with Crippen LogP contribution in [-0.4, -0.2) is 32.9 Å². The molecule has 1 aromatic carbocycles. The van der Waals surface area contributed by atoms with Crippen molar-refractivity contribution in [3.63, 3.8) is 0 Å². The highest BCUT2D eigenvalue weighted by Crippen LogP contribution is 2.24. The maximum atomic E-state index is 12.1. The summed E-state index contributed by atoms with van der Waals surface area (Å²) in [6.07, 6.45) is 1.15. The third kappa shape index (κ3) is 4.95. The fourth-order valence-electron chi connectivity index (χ4n) is 1.57. The standard InChI is InChI=1S/C13H18BrNO3S/c1-13(2,10-4-6-11(14)7-5-10)12(16)15-8-9-19(3,17)18/h4-7H,8-9H2,1-3H3,(H,15,16). The summed E-state index contributed by atoms with van der Waals surface area (Å²) in [6, 6.07) is 7.50. The third-order valence-corrected chi connectivity index (χ3v) is 4.37. The number of halogens is 1. The highest BCUT2D eigenvalue weighted by atomic mass is 79.9. The van der Waals surface area contributed by atoms with Gasteiger partial charge in [-0.15, -0.1) is 0 Å². The Balaban J connectivity index is 2.71. The zero-order valence-electron chi connectivity index (χ0n) is 11.2. The van der Waals surface area contributed by atoms with Crippen LogP contribution in [0, 0.1) is 0 Å². The Bertz CT molecular complexity index is 550. The van der Waals surface area contributed by atoms with Crippen LogP contribution in [0.15, 0.2) is 28.7 Å². The van der Waals surface area contributed by atoms with E-state index in [4.69, 9.17) is 0 Å². The molecule has 0 aromatic heterocycles. The Kier molecular flexibility index (Phi) is 5.15. The predicted molar refractivity (Wildman–Crippen MR) is 79.9 cm³/mol. The number of carbonyl (C=O) groups is 1. The molecule has 1 aromatic rings. The molecule has 0 bridgehead atoms. The second kappa shape index (κ2) is 6.05. The van der Waals surface area contributed by atoms with Gasteiger partial charge in [-0.3, -0.25) is 4.79 Å². The number of rotatable bonds is 5. The first-order chi connectivity index (χ1) is 8.63. The van der Waals surface area contributed by atoms with Gasteiger partial charge in [0.05, 0.1) is 11.2 Å². The van der Waals surface area contributed by atoms with E-state index < -0.39 is 15.3 Å². The van der Waals surface area contributed by atoms with Gasteiger partial charge in [-0.25, -0.2) is 8.42 Å². The lowest BCUT2D eigenvalue weighted by molar-refractivity contribution is -0.125. The molecular formula is C13H18BrNO3S. The summed E-state index contributed by atoms with van der Waals surface area (Å²) >= 11 is 3.35. The lowest BCUT2D eigenvalue weighted by Gasteiger charge is -2.24. The first kappa shape index (κ1) is 16.2. The van der Waals surface area contributed by atoms with Crippen molar-refractivity contribution in [1.29, 1.82) is 0 Å². The average Bonchev–Trinajstić information content (AvgIpc) is 2.27. The number of hydrogen-bond donors (Lipinski definition) is 1. The van der Waals surface area contributed by atoms with Gasteiger partial charge in [-0.2, -0.15) is 0 Å². The molecule has 4 nitrogen and oxygen atoms in total. The molecular weight excluding hydrogens is 330 g/mol. The molecule has 106 valence electrons. The predicted octanol–water partition coefficient (Wildman–Crippen LogP) is 1.89. The molecule has 0 aliphatic carbocycles. The molecule has 1 rings (SSSR count). The second-order valence-electron chi connectivity index (χ2n) is 5.02. The lowest BCUT2D eigenvalue weighted by Crippen LogP contribution is -2.41. The molecule has 0 fully saturated rings. The van der Waals surface area contributed by atoms with E-state index in [0.29, 0.717) is 0 Å². The highest BCUT2D eigenvalue weighted by molar-refractivity contribution is 9.10. The summed E-state index contributed by atoms with van der Waals surface area (Å²) in [5.74, 6) is -0.228. The van der Waals surface area contributed by atoms with Crippen molar-refractivity contribution in [3.05, 3.63) is 34.3 Å². The summed E-state index contributed by atoms with van der Waals surface area (Å²) in [5, 5.41) is 2.66. The number of carbonyl (C=O) groups excluding carboxylic acids is 1. The second-order valence-corrected chi connectivity index (χ2v) is 8.19. The quantitative estimate of drug-likeness (QED) is 0.884. The molecule has 0 unspecified atom stereocenters. The van der Waals surface area contributed by atoms with Crippen LogP contribution in [0.25, 0.3) is 0 Å². The van der Waals surface area contributed by atoms with Gasteiger partial charge in [0, 0.05) is 17.3 Å². The van der Waals surface area contributed by atoms with Crippen molar-refractivity contribution in [3.8, 4) is 0 Å². The molecule has 0 saturated carbocycles. The van der Waals surface area contributed by atoms with Gasteiger partial charge in [0.15, 0.2) is 0 Å². The first-order valence-electron chi connectivity index (χ1n) is 5.85. The Hall–Kier alpha value is -0.880. The van der Waals surface area contributed by atoms with Crippen LogP contribution < -0.4 is 5.32 Å². The summed E-state index contributed by atoms with van der Waals surface area (Å²) in [5.41, 5.74) is 0.186. The van der Waals surface area contributed by atoms with Gasteiger partial charge in [-0.05, 0) is 31.5 Å². The molecule has 0 radical (unpaired) electrons. The van der Waals surface area contributed by atoms with Crippen molar-refractivity contribution in [2.75, 3.05) is 18.6 Å². The lowest BCUT2D eigenvalue weighted by atomic mass is 9.84.